The SMILES string of the molecule is CCCCOC(=O)N1CC(C(=O)OCC)Cn2nccc21. The van der Waals surface area contributed by atoms with Crippen LogP contribution >= 0.6 is 0 Å². The Morgan fingerprint density at radius 3 is 2.86 bits per heavy atom. The van der Waals surface area contributed by atoms with Crippen molar-refractivity contribution >= 4 is 17.9 Å². The number of nitrogens with zero attached hydrogens (tertiary/aromatic N) is 3. The summed E-state index contributed by atoms with van der Waals surface area (Å²) in [4.78, 5) is 25.5. The molecule has 1 aromatic heterocycles. The van der Waals surface area contributed by atoms with Gasteiger partial charge in [-0.3, -0.25) is 9.69 Å². The number of esters is 1. The molecular formula is C14H21N3O4. The molecule has 0 spiro atoms. The number of rotatable bonds is 5. The minimum Gasteiger partial charge on any atom is -0.466 e. The molecule has 0 saturated heterocycles. The zero-order valence-corrected chi connectivity index (χ0v) is 12.4. The molecule has 1 unspecified atom stereocenters. The van der Waals surface area contributed by atoms with Gasteiger partial charge in [-0.2, -0.15) is 5.10 Å². The van der Waals surface area contributed by atoms with Gasteiger partial charge in [-0.15, -0.1) is 0 Å². The summed E-state index contributed by atoms with van der Waals surface area (Å²) in [6.45, 7) is 5.17. The number of carbonyl (C=O) groups is 2. The van der Waals surface area contributed by atoms with Crippen molar-refractivity contribution in [2.45, 2.75) is 33.2 Å². The van der Waals surface area contributed by atoms with E-state index in [-0.39, 0.29) is 12.5 Å². The van der Waals surface area contributed by atoms with Gasteiger partial charge in [-0.05, 0) is 13.3 Å². The standard InChI is InChI=1S/C14H21N3O4/c1-3-5-8-21-14(19)16-9-11(13(18)20-4-2)10-17-12(16)6-7-15-17/h6-7,11H,3-5,8-10H2,1-2H3. The highest BCUT2D eigenvalue weighted by atomic mass is 16.6. The molecule has 1 atom stereocenters. The number of aromatic nitrogens is 2. The van der Waals surface area contributed by atoms with Crippen LogP contribution in [0.15, 0.2) is 12.3 Å². The Morgan fingerprint density at radius 2 is 2.14 bits per heavy atom. The predicted octanol–water partition coefficient (Wildman–Crippen LogP) is 1.82. The number of hydrogen-bond acceptors (Lipinski definition) is 5. The van der Waals surface area contributed by atoms with Gasteiger partial charge in [0.1, 0.15) is 5.82 Å². The molecule has 1 aromatic rings. The Kier molecular flexibility index (Phi) is 5.19. The summed E-state index contributed by atoms with van der Waals surface area (Å²) in [5.41, 5.74) is 0. The van der Waals surface area contributed by atoms with Crippen molar-refractivity contribution < 1.29 is 19.1 Å². The second-order valence-corrected chi connectivity index (χ2v) is 4.90. The van der Waals surface area contributed by atoms with Crippen molar-refractivity contribution in [1.29, 1.82) is 0 Å². The van der Waals surface area contributed by atoms with Crippen LogP contribution in [0.1, 0.15) is 26.7 Å². The van der Waals surface area contributed by atoms with Gasteiger partial charge in [0, 0.05) is 12.6 Å². The highest BCUT2D eigenvalue weighted by Crippen LogP contribution is 2.24. The van der Waals surface area contributed by atoms with E-state index >= 15 is 0 Å². The van der Waals surface area contributed by atoms with E-state index in [1.54, 1.807) is 23.9 Å². The van der Waals surface area contributed by atoms with E-state index in [9.17, 15) is 9.59 Å². The second kappa shape index (κ2) is 7.10. The first-order chi connectivity index (χ1) is 10.2. The van der Waals surface area contributed by atoms with Crippen LogP contribution in [-0.2, 0) is 20.8 Å². The summed E-state index contributed by atoms with van der Waals surface area (Å²) in [7, 11) is 0. The van der Waals surface area contributed by atoms with Crippen molar-refractivity contribution in [2.75, 3.05) is 24.7 Å². The molecule has 2 heterocycles. The molecule has 0 bridgehead atoms. The predicted molar refractivity (Wildman–Crippen MR) is 76.0 cm³/mol. The van der Waals surface area contributed by atoms with Crippen LogP contribution in [0.4, 0.5) is 10.6 Å². The van der Waals surface area contributed by atoms with Crippen LogP contribution < -0.4 is 4.90 Å². The van der Waals surface area contributed by atoms with Gasteiger partial charge in [0.25, 0.3) is 0 Å². The summed E-state index contributed by atoms with van der Waals surface area (Å²) < 4.78 is 11.9. The molecule has 0 aliphatic carbocycles. The number of anilines is 1. The van der Waals surface area contributed by atoms with Gasteiger partial charge in [0.05, 0.1) is 31.9 Å². The van der Waals surface area contributed by atoms with Crippen LogP contribution in [0.3, 0.4) is 0 Å². The Bertz CT molecular complexity index is 500. The van der Waals surface area contributed by atoms with Crippen molar-refractivity contribution in [3.63, 3.8) is 0 Å². The maximum absolute atomic E-state index is 12.2. The molecular weight excluding hydrogens is 274 g/mol. The first kappa shape index (κ1) is 15.3. The number of carbonyl (C=O) groups excluding carboxylic acids is 2. The first-order valence-electron chi connectivity index (χ1n) is 7.30. The van der Waals surface area contributed by atoms with Gasteiger partial charge in [-0.25, -0.2) is 9.48 Å². The maximum Gasteiger partial charge on any atom is 0.415 e. The molecule has 0 radical (unpaired) electrons. The summed E-state index contributed by atoms with van der Waals surface area (Å²) in [6, 6.07) is 1.74. The van der Waals surface area contributed by atoms with Crippen molar-refractivity contribution in [3.8, 4) is 0 Å². The van der Waals surface area contributed by atoms with Crippen molar-refractivity contribution in [3.05, 3.63) is 12.3 Å². The van der Waals surface area contributed by atoms with E-state index in [1.165, 1.54) is 4.90 Å². The molecule has 0 saturated carbocycles. The Balaban J connectivity index is 2.09. The fourth-order valence-electron chi connectivity index (χ4n) is 2.24. The lowest BCUT2D eigenvalue weighted by Gasteiger charge is -2.31. The number of unbranched alkanes of at least 4 members (excludes halogenated alkanes) is 1. The third-order valence-electron chi connectivity index (χ3n) is 3.33. The number of fused-ring (bicyclic) bond motifs is 1. The summed E-state index contributed by atoms with van der Waals surface area (Å²) in [5.74, 6) is -0.0851. The van der Waals surface area contributed by atoms with Crippen LogP contribution in [-0.4, -0.2) is 41.6 Å². The average Bonchev–Trinajstić information content (AvgIpc) is 2.94. The lowest BCUT2D eigenvalue weighted by molar-refractivity contribution is -0.148. The van der Waals surface area contributed by atoms with E-state index in [0.29, 0.717) is 25.6 Å². The molecule has 7 heteroatoms. The van der Waals surface area contributed by atoms with Gasteiger partial charge in [0.2, 0.25) is 0 Å². The molecule has 2 rings (SSSR count). The molecule has 0 N–H and O–H groups in total. The monoisotopic (exact) mass is 295 g/mol. The summed E-state index contributed by atoms with van der Waals surface area (Å²) in [5, 5.41) is 4.14. The highest BCUT2D eigenvalue weighted by Gasteiger charge is 2.34. The largest absolute Gasteiger partial charge is 0.466 e. The topological polar surface area (TPSA) is 73.7 Å². The normalized spacial score (nSPS) is 17.2. The average molecular weight is 295 g/mol. The Hall–Kier alpha value is -2.05. The molecule has 21 heavy (non-hydrogen) atoms. The van der Waals surface area contributed by atoms with Crippen molar-refractivity contribution in [2.24, 2.45) is 5.92 Å². The maximum atomic E-state index is 12.2. The lowest BCUT2D eigenvalue weighted by Crippen LogP contribution is -2.45. The van der Waals surface area contributed by atoms with E-state index in [0.717, 1.165) is 12.8 Å². The smallest absolute Gasteiger partial charge is 0.415 e. The lowest BCUT2D eigenvalue weighted by atomic mass is 10.1. The van der Waals surface area contributed by atoms with Crippen molar-refractivity contribution in [1.82, 2.24) is 9.78 Å². The van der Waals surface area contributed by atoms with E-state index in [1.807, 2.05) is 6.92 Å². The molecule has 1 amide bonds. The zero-order valence-electron chi connectivity index (χ0n) is 12.4. The molecule has 0 aromatic carbocycles. The molecule has 1 aliphatic heterocycles. The Labute approximate surface area is 123 Å². The molecule has 7 nitrogen and oxygen atoms in total. The molecule has 0 fully saturated rings. The fraction of sp³-hybridized carbons (Fsp3) is 0.643. The number of hydrogen-bond donors (Lipinski definition) is 0. The summed E-state index contributed by atoms with van der Waals surface area (Å²) in [6.07, 6.45) is 2.94. The van der Waals surface area contributed by atoms with E-state index in [4.69, 9.17) is 9.47 Å². The quantitative estimate of drug-likeness (QED) is 0.612. The van der Waals surface area contributed by atoms with Crippen LogP contribution in [0.25, 0.3) is 0 Å². The van der Waals surface area contributed by atoms with E-state index in [2.05, 4.69) is 5.10 Å². The summed E-state index contributed by atoms with van der Waals surface area (Å²) >= 11 is 0. The van der Waals surface area contributed by atoms with Gasteiger partial charge in [0.15, 0.2) is 0 Å². The number of amides is 1. The highest BCUT2D eigenvalue weighted by molar-refractivity contribution is 5.88. The van der Waals surface area contributed by atoms with Crippen LogP contribution in [0.5, 0.6) is 0 Å². The minimum absolute atomic E-state index is 0.259. The third kappa shape index (κ3) is 3.53. The van der Waals surface area contributed by atoms with Gasteiger partial charge >= 0.3 is 12.1 Å². The minimum atomic E-state index is -0.445. The van der Waals surface area contributed by atoms with Gasteiger partial charge in [-0.1, -0.05) is 13.3 Å². The van der Waals surface area contributed by atoms with Crippen LogP contribution in [0, 0.1) is 5.92 Å². The first-order valence-corrected chi connectivity index (χ1v) is 7.30. The number of ether oxygens (including phenoxy) is 2. The Morgan fingerprint density at radius 1 is 1.33 bits per heavy atom. The molecule has 1 aliphatic rings. The zero-order chi connectivity index (χ0) is 15.2. The third-order valence-corrected chi connectivity index (χ3v) is 3.33. The second-order valence-electron chi connectivity index (χ2n) is 4.90. The molecule has 116 valence electrons. The van der Waals surface area contributed by atoms with Crippen LogP contribution in [0.2, 0.25) is 0 Å². The van der Waals surface area contributed by atoms with E-state index < -0.39 is 12.0 Å². The van der Waals surface area contributed by atoms with Gasteiger partial charge < -0.3 is 9.47 Å². The fourth-order valence-corrected chi connectivity index (χ4v) is 2.24.